The Morgan fingerprint density at radius 2 is 1.82 bits per heavy atom. The SMILES string of the molecule is O=C(COc1ccc(Br)cc1)Nc1ccc(C(=O)O)c(O)c1. The minimum absolute atomic E-state index is 0.205. The Labute approximate surface area is 134 Å². The Balaban J connectivity index is 1.93. The van der Waals surface area contributed by atoms with Crippen molar-refractivity contribution >= 4 is 33.5 Å². The third-order valence-corrected chi connectivity index (χ3v) is 3.22. The van der Waals surface area contributed by atoms with Crippen LogP contribution in [0, 0.1) is 0 Å². The molecule has 0 spiro atoms. The van der Waals surface area contributed by atoms with Crippen molar-refractivity contribution in [3.05, 3.63) is 52.5 Å². The van der Waals surface area contributed by atoms with E-state index in [1.54, 1.807) is 24.3 Å². The topological polar surface area (TPSA) is 95.9 Å². The van der Waals surface area contributed by atoms with Gasteiger partial charge in [0.25, 0.3) is 5.91 Å². The fourth-order valence-corrected chi connectivity index (χ4v) is 1.93. The van der Waals surface area contributed by atoms with Gasteiger partial charge < -0.3 is 20.3 Å². The first-order valence-corrected chi connectivity index (χ1v) is 6.99. The zero-order valence-electron chi connectivity index (χ0n) is 11.2. The zero-order chi connectivity index (χ0) is 16.1. The van der Waals surface area contributed by atoms with Crippen LogP contribution in [-0.2, 0) is 4.79 Å². The minimum atomic E-state index is -1.24. The van der Waals surface area contributed by atoms with Gasteiger partial charge in [-0.2, -0.15) is 0 Å². The van der Waals surface area contributed by atoms with Crippen molar-refractivity contribution < 1.29 is 24.5 Å². The summed E-state index contributed by atoms with van der Waals surface area (Å²) in [5.41, 5.74) is 0.0519. The third-order valence-electron chi connectivity index (χ3n) is 2.70. The van der Waals surface area contributed by atoms with Gasteiger partial charge in [-0.15, -0.1) is 0 Å². The summed E-state index contributed by atoms with van der Waals surface area (Å²) < 4.78 is 6.20. The number of carbonyl (C=O) groups is 2. The van der Waals surface area contributed by atoms with Gasteiger partial charge in [0, 0.05) is 16.2 Å². The molecule has 7 heteroatoms. The first-order chi connectivity index (χ1) is 10.5. The number of phenols is 1. The Morgan fingerprint density at radius 1 is 1.14 bits per heavy atom. The number of anilines is 1. The fourth-order valence-electron chi connectivity index (χ4n) is 1.67. The summed E-state index contributed by atoms with van der Waals surface area (Å²) in [7, 11) is 0. The van der Waals surface area contributed by atoms with Crippen LogP contribution in [0.5, 0.6) is 11.5 Å². The lowest BCUT2D eigenvalue weighted by molar-refractivity contribution is -0.118. The van der Waals surface area contributed by atoms with Crippen LogP contribution >= 0.6 is 15.9 Å². The first kappa shape index (κ1) is 15.8. The molecule has 0 heterocycles. The number of benzene rings is 2. The van der Waals surface area contributed by atoms with Crippen LogP contribution in [0.25, 0.3) is 0 Å². The second-order valence-corrected chi connectivity index (χ2v) is 5.24. The van der Waals surface area contributed by atoms with E-state index in [0.29, 0.717) is 5.75 Å². The summed E-state index contributed by atoms with van der Waals surface area (Å²) >= 11 is 3.29. The van der Waals surface area contributed by atoms with E-state index in [1.165, 1.54) is 18.2 Å². The number of ether oxygens (including phenoxy) is 1. The molecular weight excluding hydrogens is 354 g/mol. The van der Waals surface area contributed by atoms with Crippen molar-refractivity contribution in [2.75, 3.05) is 11.9 Å². The maximum Gasteiger partial charge on any atom is 0.339 e. The van der Waals surface area contributed by atoms with Gasteiger partial charge in [0.2, 0.25) is 0 Å². The van der Waals surface area contributed by atoms with E-state index >= 15 is 0 Å². The number of aromatic carboxylic acids is 1. The van der Waals surface area contributed by atoms with Gasteiger partial charge in [-0.3, -0.25) is 4.79 Å². The van der Waals surface area contributed by atoms with Gasteiger partial charge >= 0.3 is 5.97 Å². The summed E-state index contributed by atoms with van der Waals surface area (Å²) in [6, 6.07) is 10.8. The molecule has 0 aliphatic heterocycles. The standard InChI is InChI=1S/C15H12BrNO5/c16-9-1-4-11(5-2-9)22-8-14(19)17-10-3-6-12(15(20)21)13(18)7-10/h1-7,18H,8H2,(H,17,19)(H,20,21). The maximum absolute atomic E-state index is 11.7. The number of rotatable bonds is 5. The highest BCUT2D eigenvalue weighted by molar-refractivity contribution is 9.10. The molecule has 0 unspecified atom stereocenters. The molecule has 1 amide bonds. The molecule has 0 aromatic heterocycles. The van der Waals surface area contributed by atoms with E-state index in [0.717, 1.165) is 4.47 Å². The Kier molecular flexibility index (Phi) is 5.00. The summed E-state index contributed by atoms with van der Waals surface area (Å²) in [4.78, 5) is 22.5. The number of aromatic hydroxyl groups is 1. The van der Waals surface area contributed by atoms with Crippen molar-refractivity contribution in [1.29, 1.82) is 0 Å². The normalized spacial score (nSPS) is 10.0. The van der Waals surface area contributed by atoms with Crippen molar-refractivity contribution in [3.63, 3.8) is 0 Å². The smallest absolute Gasteiger partial charge is 0.339 e. The minimum Gasteiger partial charge on any atom is -0.507 e. The molecule has 2 rings (SSSR count). The summed E-state index contributed by atoms with van der Waals surface area (Å²) in [6.07, 6.45) is 0. The average molecular weight is 366 g/mol. The molecule has 2 aromatic carbocycles. The lowest BCUT2D eigenvalue weighted by Crippen LogP contribution is -2.20. The highest BCUT2D eigenvalue weighted by Gasteiger charge is 2.11. The van der Waals surface area contributed by atoms with Crippen LogP contribution in [0.1, 0.15) is 10.4 Å². The highest BCUT2D eigenvalue weighted by Crippen LogP contribution is 2.22. The molecule has 22 heavy (non-hydrogen) atoms. The monoisotopic (exact) mass is 365 g/mol. The van der Waals surface area contributed by atoms with Gasteiger partial charge in [0.15, 0.2) is 6.61 Å². The predicted molar refractivity (Wildman–Crippen MR) is 83.3 cm³/mol. The van der Waals surface area contributed by atoms with Crippen molar-refractivity contribution in [1.82, 2.24) is 0 Å². The number of hydrogen-bond acceptors (Lipinski definition) is 4. The second-order valence-electron chi connectivity index (χ2n) is 4.33. The van der Waals surface area contributed by atoms with E-state index in [1.807, 2.05) is 0 Å². The number of carbonyl (C=O) groups excluding carboxylic acids is 1. The Morgan fingerprint density at radius 3 is 2.41 bits per heavy atom. The molecular formula is C15H12BrNO5. The molecule has 0 radical (unpaired) electrons. The highest BCUT2D eigenvalue weighted by atomic mass is 79.9. The van der Waals surface area contributed by atoms with Crippen molar-refractivity contribution in [2.24, 2.45) is 0 Å². The van der Waals surface area contributed by atoms with Crippen LogP contribution in [0.15, 0.2) is 46.9 Å². The average Bonchev–Trinajstić information content (AvgIpc) is 2.46. The largest absolute Gasteiger partial charge is 0.507 e. The lowest BCUT2D eigenvalue weighted by atomic mass is 10.2. The number of halogens is 1. The Bertz CT molecular complexity index is 700. The summed E-state index contributed by atoms with van der Waals surface area (Å²) in [5.74, 6) is -1.54. The number of hydrogen-bond donors (Lipinski definition) is 3. The summed E-state index contributed by atoms with van der Waals surface area (Å²) in [6.45, 7) is -0.205. The molecule has 6 nitrogen and oxygen atoms in total. The van der Waals surface area contributed by atoms with Gasteiger partial charge in [0.1, 0.15) is 17.1 Å². The quantitative estimate of drug-likeness (QED) is 0.756. The van der Waals surface area contributed by atoms with Gasteiger partial charge in [-0.25, -0.2) is 4.79 Å². The number of carboxylic acid groups (broad SMARTS) is 1. The number of amides is 1. The van der Waals surface area contributed by atoms with E-state index in [-0.39, 0.29) is 17.9 Å². The van der Waals surface area contributed by atoms with E-state index in [2.05, 4.69) is 21.2 Å². The maximum atomic E-state index is 11.7. The van der Waals surface area contributed by atoms with Crippen LogP contribution in [0.3, 0.4) is 0 Å². The molecule has 0 saturated carbocycles. The van der Waals surface area contributed by atoms with Crippen molar-refractivity contribution in [2.45, 2.75) is 0 Å². The molecule has 0 aliphatic carbocycles. The second kappa shape index (κ2) is 6.95. The molecule has 0 aliphatic rings. The van der Waals surface area contributed by atoms with Gasteiger partial charge in [-0.1, -0.05) is 15.9 Å². The van der Waals surface area contributed by atoms with E-state index in [4.69, 9.17) is 9.84 Å². The van der Waals surface area contributed by atoms with E-state index in [9.17, 15) is 14.7 Å². The lowest BCUT2D eigenvalue weighted by Gasteiger charge is -2.08. The third kappa shape index (κ3) is 4.23. The number of nitrogens with one attached hydrogen (secondary N) is 1. The molecule has 0 saturated heterocycles. The zero-order valence-corrected chi connectivity index (χ0v) is 12.8. The molecule has 114 valence electrons. The van der Waals surface area contributed by atoms with Crippen LogP contribution < -0.4 is 10.1 Å². The van der Waals surface area contributed by atoms with Crippen LogP contribution in [0.2, 0.25) is 0 Å². The molecule has 0 bridgehead atoms. The van der Waals surface area contributed by atoms with Gasteiger partial charge in [0.05, 0.1) is 0 Å². The Hall–Kier alpha value is -2.54. The molecule has 2 aromatic rings. The fraction of sp³-hybridized carbons (Fsp3) is 0.0667. The molecule has 0 fully saturated rings. The number of carboxylic acids is 1. The predicted octanol–water partition coefficient (Wildman–Crippen LogP) is 2.87. The van der Waals surface area contributed by atoms with Crippen molar-refractivity contribution in [3.8, 4) is 11.5 Å². The van der Waals surface area contributed by atoms with Crippen LogP contribution in [0.4, 0.5) is 5.69 Å². The van der Waals surface area contributed by atoms with Crippen LogP contribution in [-0.4, -0.2) is 28.7 Å². The molecule has 0 atom stereocenters. The van der Waals surface area contributed by atoms with E-state index < -0.39 is 17.6 Å². The van der Waals surface area contributed by atoms with Gasteiger partial charge in [-0.05, 0) is 36.4 Å². The summed E-state index contributed by atoms with van der Waals surface area (Å²) in [5, 5.41) is 20.8. The first-order valence-electron chi connectivity index (χ1n) is 6.20. The molecule has 3 N–H and O–H groups in total.